The van der Waals surface area contributed by atoms with Crippen LogP contribution in [-0.4, -0.2) is 25.0 Å². The second-order valence-corrected chi connectivity index (χ2v) is 5.20. The van der Waals surface area contributed by atoms with Crippen molar-refractivity contribution in [3.63, 3.8) is 0 Å². The third kappa shape index (κ3) is 3.35. The van der Waals surface area contributed by atoms with Gasteiger partial charge in [0, 0.05) is 18.5 Å². The summed E-state index contributed by atoms with van der Waals surface area (Å²) in [5.74, 6) is 0.687. The summed E-state index contributed by atoms with van der Waals surface area (Å²) in [6.45, 7) is 6.57. The molecule has 1 aromatic rings. The lowest BCUT2D eigenvalue weighted by atomic mass is 10.0. The van der Waals surface area contributed by atoms with Crippen LogP contribution in [0, 0.1) is 5.92 Å². The van der Waals surface area contributed by atoms with E-state index in [0.29, 0.717) is 24.6 Å². The molecule has 0 bridgehead atoms. The van der Waals surface area contributed by atoms with Crippen molar-refractivity contribution in [1.29, 1.82) is 0 Å². The minimum absolute atomic E-state index is 0.0150. The Morgan fingerprint density at radius 2 is 2.05 bits per heavy atom. The zero-order valence-corrected chi connectivity index (χ0v) is 12.8. The van der Waals surface area contributed by atoms with Gasteiger partial charge >= 0.3 is 0 Å². The standard InChI is InChI=1S/C16H22N2O3/c1-4-12(5-2)16(20)17-13-6-7-15-14(10-13)18(11(3)19)8-9-21-15/h6-7,10,12H,4-5,8-9H2,1-3H3,(H,17,20). The average molecular weight is 290 g/mol. The number of carbonyl (C=O) groups is 2. The Morgan fingerprint density at radius 1 is 1.33 bits per heavy atom. The van der Waals surface area contributed by atoms with Gasteiger partial charge in [0.25, 0.3) is 0 Å². The predicted molar refractivity (Wildman–Crippen MR) is 82.7 cm³/mol. The van der Waals surface area contributed by atoms with Gasteiger partial charge in [-0.1, -0.05) is 13.8 Å². The molecule has 0 aliphatic carbocycles. The van der Waals surface area contributed by atoms with E-state index < -0.39 is 0 Å². The molecule has 0 atom stereocenters. The normalized spacial score (nSPS) is 13.6. The van der Waals surface area contributed by atoms with Crippen LogP contribution in [0.25, 0.3) is 0 Å². The van der Waals surface area contributed by atoms with Gasteiger partial charge < -0.3 is 15.0 Å². The highest BCUT2D eigenvalue weighted by Gasteiger charge is 2.22. The lowest BCUT2D eigenvalue weighted by Crippen LogP contribution is -2.36. The van der Waals surface area contributed by atoms with Crippen LogP contribution in [0.15, 0.2) is 18.2 Å². The highest BCUT2D eigenvalue weighted by Crippen LogP contribution is 2.34. The van der Waals surface area contributed by atoms with Crippen LogP contribution in [0.5, 0.6) is 5.75 Å². The third-order valence-electron chi connectivity index (χ3n) is 3.83. The number of benzene rings is 1. The van der Waals surface area contributed by atoms with Crippen molar-refractivity contribution >= 4 is 23.2 Å². The monoisotopic (exact) mass is 290 g/mol. The van der Waals surface area contributed by atoms with Gasteiger partial charge in [0.1, 0.15) is 12.4 Å². The number of hydrogen-bond acceptors (Lipinski definition) is 3. The summed E-state index contributed by atoms with van der Waals surface area (Å²) in [6.07, 6.45) is 1.63. The van der Waals surface area contributed by atoms with E-state index in [-0.39, 0.29) is 17.7 Å². The number of rotatable bonds is 4. The van der Waals surface area contributed by atoms with Gasteiger partial charge in [-0.3, -0.25) is 9.59 Å². The summed E-state index contributed by atoms with van der Waals surface area (Å²) in [7, 11) is 0. The van der Waals surface area contributed by atoms with Crippen molar-refractivity contribution in [3.05, 3.63) is 18.2 Å². The van der Waals surface area contributed by atoms with Gasteiger partial charge in [0.05, 0.1) is 12.2 Å². The molecule has 2 rings (SSSR count). The first-order chi connectivity index (χ1) is 10.1. The van der Waals surface area contributed by atoms with Crippen LogP contribution in [0.1, 0.15) is 33.6 Å². The Hall–Kier alpha value is -2.04. The Morgan fingerprint density at radius 3 is 2.67 bits per heavy atom. The molecule has 0 spiro atoms. The molecule has 2 amide bonds. The number of carbonyl (C=O) groups excluding carboxylic acids is 2. The van der Waals surface area contributed by atoms with Gasteiger partial charge in [-0.05, 0) is 31.0 Å². The number of nitrogens with one attached hydrogen (secondary N) is 1. The zero-order valence-electron chi connectivity index (χ0n) is 12.8. The highest BCUT2D eigenvalue weighted by molar-refractivity contribution is 5.97. The molecule has 114 valence electrons. The first kappa shape index (κ1) is 15.4. The lowest BCUT2D eigenvalue weighted by molar-refractivity contribution is -0.120. The molecule has 0 saturated heterocycles. The quantitative estimate of drug-likeness (QED) is 0.927. The smallest absolute Gasteiger partial charge is 0.227 e. The van der Waals surface area contributed by atoms with E-state index in [1.165, 1.54) is 6.92 Å². The summed E-state index contributed by atoms with van der Waals surface area (Å²) in [6, 6.07) is 5.41. The second-order valence-electron chi connectivity index (χ2n) is 5.20. The van der Waals surface area contributed by atoms with Crippen molar-refractivity contribution < 1.29 is 14.3 Å². The van der Waals surface area contributed by atoms with Crippen LogP contribution in [0.4, 0.5) is 11.4 Å². The number of fused-ring (bicyclic) bond motifs is 1. The molecule has 1 aliphatic rings. The Labute approximate surface area is 125 Å². The number of amides is 2. The molecule has 0 fully saturated rings. The van der Waals surface area contributed by atoms with Gasteiger partial charge in [0.2, 0.25) is 11.8 Å². The van der Waals surface area contributed by atoms with Crippen LogP contribution in [-0.2, 0) is 9.59 Å². The topological polar surface area (TPSA) is 58.6 Å². The minimum atomic E-state index is -0.0250. The lowest BCUT2D eigenvalue weighted by Gasteiger charge is -2.29. The maximum Gasteiger partial charge on any atom is 0.227 e. The summed E-state index contributed by atoms with van der Waals surface area (Å²) in [4.78, 5) is 25.5. The van der Waals surface area contributed by atoms with E-state index in [1.807, 2.05) is 19.9 Å². The fourth-order valence-electron chi connectivity index (χ4n) is 2.53. The van der Waals surface area contributed by atoms with Gasteiger partial charge in [0.15, 0.2) is 0 Å². The summed E-state index contributed by atoms with van der Waals surface area (Å²) in [5.41, 5.74) is 1.42. The molecule has 5 nitrogen and oxygen atoms in total. The highest BCUT2D eigenvalue weighted by atomic mass is 16.5. The van der Waals surface area contributed by atoms with Crippen molar-refractivity contribution in [3.8, 4) is 5.75 Å². The fourth-order valence-corrected chi connectivity index (χ4v) is 2.53. The van der Waals surface area contributed by atoms with Crippen LogP contribution in [0.2, 0.25) is 0 Å². The second kappa shape index (κ2) is 6.61. The van der Waals surface area contributed by atoms with Crippen molar-refractivity contribution in [2.24, 2.45) is 5.92 Å². The van der Waals surface area contributed by atoms with E-state index in [2.05, 4.69) is 5.32 Å². The van der Waals surface area contributed by atoms with Gasteiger partial charge in [-0.15, -0.1) is 0 Å². The van der Waals surface area contributed by atoms with E-state index in [1.54, 1.807) is 17.0 Å². The fraction of sp³-hybridized carbons (Fsp3) is 0.500. The molecule has 0 saturated carbocycles. The molecular formula is C16H22N2O3. The maximum atomic E-state index is 12.1. The van der Waals surface area contributed by atoms with Crippen LogP contribution >= 0.6 is 0 Å². The molecule has 1 aliphatic heterocycles. The number of ether oxygens (including phenoxy) is 1. The number of hydrogen-bond donors (Lipinski definition) is 1. The SMILES string of the molecule is CCC(CC)C(=O)Nc1ccc2c(c1)N(C(C)=O)CCO2. The Balaban J connectivity index is 2.22. The molecule has 0 aromatic heterocycles. The van der Waals surface area contributed by atoms with E-state index in [4.69, 9.17) is 4.74 Å². The van der Waals surface area contributed by atoms with Gasteiger partial charge in [-0.2, -0.15) is 0 Å². The molecule has 5 heteroatoms. The Bertz CT molecular complexity index is 538. The first-order valence-corrected chi connectivity index (χ1v) is 7.42. The summed E-state index contributed by atoms with van der Waals surface area (Å²) in [5, 5.41) is 2.92. The summed E-state index contributed by atoms with van der Waals surface area (Å²) < 4.78 is 5.55. The number of anilines is 2. The molecule has 1 aromatic carbocycles. The van der Waals surface area contributed by atoms with Crippen molar-refractivity contribution in [2.75, 3.05) is 23.4 Å². The van der Waals surface area contributed by atoms with E-state index in [0.717, 1.165) is 18.5 Å². The number of nitrogens with zero attached hydrogens (tertiary/aromatic N) is 1. The summed E-state index contributed by atoms with van der Waals surface area (Å²) >= 11 is 0. The molecule has 1 N–H and O–H groups in total. The predicted octanol–water partition coefficient (Wildman–Crippen LogP) is 2.81. The zero-order chi connectivity index (χ0) is 15.4. The van der Waals surface area contributed by atoms with Crippen LogP contribution < -0.4 is 15.0 Å². The molecule has 1 heterocycles. The molecule has 0 radical (unpaired) electrons. The molecule has 0 unspecified atom stereocenters. The minimum Gasteiger partial charge on any atom is -0.490 e. The molecular weight excluding hydrogens is 268 g/mol. The average Bonchev–Trinajstić information content (AvgIpc) is 2.47. The largest absolute Gasteiger partial charge is 0.490 e. The molecule has 21 heavy (non-hydrogen) atoms. The third-order valence-corrected chi connectivity index (χ3v) is 3.83. The van der Waals surface area contributed by atoms with Crippen LogP contribution in [0.3, 0.4) is 0 Å². The van der Waals surface area contributed by atoms with E-state index in [9.17, 15) is 9.59 Å². The van der Waals surface area contributed by atoms with E-state index >= 15 is 0 Å². The van der Waals surface area contributed by atoms with Crippen molar-refractivity contribution in [2.45, 2.75) is 33.6 Å². The van der Waals surface area contributed by atoms with Crippen molar-refractivity contribution in [1.82, 2.24) is 0 Å². The first-order valence-electron chi connectivity index (χ1n) is 7.42. The van der Waals surface area contributed by atoms with Gasteiger partial charge in [-0.25, -0.2) is 0 Å². The Kier molecular flexibility index (Phi) is 4.83. The maximum absolute atomic E-state index is 12.1.